The van der Waals surface area contributed by atoms with Gasteiger partial charge in [0.1, 0.15) is 0 Å². The van der Waals surface area contributed by atoms with Gasteiger partial charge in [0.2, 0.25) is 11.9 Å². The second kappa shape index (κ2) is 8.58. The molecule has 1 aliphatic carbocycles. The molecule has 2 rings (SSSR count). The molecule has 4 N–H and O–H groups in total. The third-order valence-corrected chi connectivity index (χ3v) is 2.98. The fraction of sp³-hybridized carbons (Fsp3) is 0.769. The zero-order valence-electron chi connectivity index (χ0n) is 12.5. The fourth-order valence-electron chi connectivity index (χ4n) is 1.67. The van der Waals surface area contributed by atoms with Crippen molar-refractivity contribution >= 4 is 11.9 Å². The molecule has 1 aromatic heterocycles. The van der Waals surface area contributed by atoms with Crippen molar-refractivity contribution < 1.29 is 9.47 Å². The van der Waals surface area contributed by atoms with Crippen molar-refractivity contribution in [3.8, 4) is 6.01 Å². The molecule has 8 nitrogen and oxygen atoms in total. The first-order valence-corrected chi connectivity index (χ1v) is 7.49. The average molecular weight is 296 g/mol. The first kappa shape index (κ1) is 15.7. The van der Waals surface area contributed by atoms with Crippen molar-refractivity contribution in [3.63, 3.8) is 0 Å². The Morgan fingerprint density at radius 3 is 2.71 bits per heavy atom. The second-order valence-electron chi connectivity index (χ2n) is 5.06. The molecule has 1 aliphatic rings. The minimum absolute atomic E-state index is 0.271. The van der Waals surface area contributed by atoms with Crippen molar-refractivity contribution in [3.05, 3.63) is 0 Å². The highest BCUT2D eigenvalue weighted by Crippen LogP contribution is 2.28. The van der Waals surface area contributed by atoms with Crippen molar-refractivity contribution in [2.24, 2.45) is 11.8 Å². The standard InChI is InChI=1S/C13H24N6O2/c1-2-7-21-13-17-11(16-12(18-13)19-14)15-6-3-8-20-9-10-4-5-10/h10H,2-9,14H2,1H3,(H2,15,16,17,18,19). The quantitative estimate of drug-likeness (QED) is 0.317. The van der Waals surface area contributed by atoms with Gasteiger partial charge in [0.05, 0.1) is 6.61 Å². The first-order chi connectivity index (χ1) is 10.3. The van der Waals surface area contributed by atoms with Crippen molar-refractivity contribution in [1.29, 1.82) is 0 Å². The Balaban J connectivity index is 1.71. The van der Waals surface area contributed by atoms with Crippen LogP contribution in [0.2, 0.25) is 0 Å². The third-order valence-electron chi connectivity index (χ3n) is 2.98. The van der Waals surface area contributed by atoms with Crippen LogP contribution in [0.3, 0.4) is 0 Å². The van der Waals surface area contributed by atoms with E-state index in [9.17, 15) is 0 Å². The largest absolute Gasteiger partial charge is 0.463 e. The number of nitrogens with one attached hydrogen (secondary N) is 2. The lowest BCUT2D eigenvalue weighted by molar-refractivity contribution is 0.124. The highest BCUT2D eigenvalue weighted by Gasteiger charge is 2.20. The Bertz CT molecular complexity index is 427. The molecule has 1 fully saturated rings. The van der Waals surface area contributed by atoms with Crippen molar-refractivity contribution in [1.82, 2.24) is 15.0 Å². The summed E-state index contributed by atoms with van der Waals surface area (Å²) in [5.74, 6) is 6.87. The van der Waals surface area contributed by atoms with Gasteiger partial charge in [0, 0.05) is 19.8 Å². The fourth-order valence-corrected chi connectivity index (χ4v) is 1.67. The Kier molecular flexibility index (Phi) is 6.42. The predicted molar refractivity (Wildman–Crippen MR) is 80.1 cm³/mol. The van der Waals surface area contributed by atoms with E-state index in [1.54, 1.807) is 0 Å². The summed E-state index contributed by atoms with van der Waals surface area (Å²) < 4.78 is 11.0. The molecule has 8 heteroatoms. The zero-order valence-corrected chi connectivity index (χ0v) is 12.5. The van der Waals surface area contributed by atoms with E-state index in [0.717, 1.165) is 38.5 Å². The van der Waals surface area contributed by atoms with E-state index in [4.69, 9.17) is 15.3 Å². The molecule has 0 atom stereocenters. The summed E-state index contributed by atoms with van der Waals surface area (Å²) in [6.07, 6.45) is 4.42. The summed E-state index contributed by atoms with van der Waals surface area (Å²) in [5, 5.41) is 3.12. The summed E-state index contributed by atoms with van der Waals surface area (Å²) in [6.45, 7) is 4.94. The number of nitrogens with two attached hydrogens (primary N) is 1. The summed E-state index contributed by atoms with van der Waals surface area (Å²) in [7, 11) is 0. The molecule has 1 saturated carbocycles. The van der Waals surface area contributed by atoms with Gasteiger partial charge in [-0.25, -0.2) is 5.84 Å². The summed E-state index contributed by atoms with van der Waals surface area (Å²) in [6, 6.07) is 0.271. The number of hydrazine groups is 1. The van der Waals surface area contributed by atoms with E-state index < -0.39 is 0 Å². The van der Waals surface area contributed by atoms with Crippen LogP contribution in [0, 0.1) is 5.92 Å². The smallest absolute Gasteiger partial charge is 0.323 e. The molecule has 0 aromatic carbocycles. The molecule has 0 amide bonds. The van der Waals surface area contributed by atoms with Crippen LogP contribution >= 0.6 is 0 Å². The molecule has 0 spiro atoms. The molecule has 0 radical (unpaired) electrons. The Hall–Kier alpha value is -1.67. The highest BCUT2D eigenvalue weighted by molar-refractivity contribution is 5.34. The number of aromatic nitrogens is 3. The van der Waals surface area contributed by atoms with Crippen LogP contribution in [0.1, 0.15) is 32.6 Å². The van der Waals surface area contributed by atoms with Gasteiger partial charge < -0.3 is 14.8 Å². The second-order valence-corrected chi connectivity index (χ2v) is 5.06. The number of nitrogen functional groups attached to an aromatic ring is 1. The highest BCUT2D eigenvalue weighted by atomic mass is 16.5. The molecule has 1 heterocycles. The van der Waals surface area contributed by atoms with Gasteiger partial charge in [0.15, 0.2) is 0 Å². The molecule has 0 saturated heterocycles. The van der Waals surface area contributed by atoms with Crippen LogP contribution in [0.25, 0.3) is 0 Å². The van der Waals surface area contributed by atoms with Gasteiger partial charge in [-0.1, -0.05) is 6.92 Å². The van der Waals surface area contributed by atoms with E-state index in [1.165, 1.54) is 12.8 Å². The summed E-state index contributed by atoms with van der Waals surface area (Å²) >= 11 is 0. The predicted octanol–water partition coefficient (Wildman–Crippen LogP) is 1.17. The van der Waals surface area contributed by atoms with E-state index in [2.05, 4.69) is 25.7 Å². The maximum absolute atomic E-state index is 5.57. The lowest BCUT2D eigenvalue weighted by atomic mass is 10.4. The van der Waals surface area contributed by atoms with Crippen LogP contribution in [-0.4, -0.2) is 41.3 Å². The summed E-state index contributed by atoms with van der Waals surface area (Å²) in [5.41, 5.74) is 2.41. The summed E-state index contributed by atoms with van der Waals surface area (Å²) in [4.78, 5) is 12.3. The number of rotatable bonds is 11. The molecule has 0 unspecified atom stereocenters. The van der Waals surface area contributed by atoms with Gasteiger partial charge in [-0.3, -0.25) is 5.43 Å². The lowest BCUT2D eigenvalue weighted by Gasteiger charge is -2.09. The molecular weight excluding hydrogens is 272 g/mol. The molecule has 118 valence electrons. The van der Waals surface area contributed by atoms with E-state index in [1.807, 2.05) is 6.92 Å². The Morgan fingerprint density at radius 1 is 1.19 bits per heavy atom. The van der Waals surface area contributed by atoms with Crippen LogP contribution in [0.5, 0.6) is 6.01 Å². The van der Waals surface area contributed by atoms with Crippen LogP contribution < -0.4 is 21.3 Å². The Labute approximate surface area is 124 Å². The van der Waals surface area contributed by atoms with E-state index in [-0.39, 0.29) is 12.0 Å². The van der Waals surface area contributed by atoms with Gasteiger partial charge in [-0.15, -0.1) is 0 Å². The third kappa shape index (κ3) is 6.09. The molecular formula is C13H24N6O2. The van der Waals surface area contributed by atoms with E-state index in [0.29, 0.717) is 12.6 Å². The number of hydrogen-bond acceptors (Lipinski definition) is 8. The normalized spacial score (nSPS) is 14.0. The van der Waals surface area contributed by atoms with E-state index >= 15 is 0 Å². The van der Waals surface area contributed by atoms with Crippen molar-refractivity contribution in [2.75, 3.05) is 37.1 Å². The zero-order chi connectivity index (χ0) is 14.9. The number of anilines is 2. The van der Waals surface area contributed by atoms with Gasteiger partial charge >= 0.3 is 6.01 Å². The minimum Gasteiger partial charge on any atom is -0.463 e. The van der Waals surface area contributed by atoms with Gasteiger partial charge in [-0.05, 0) is 31.6 Å². The van der Waals surface area contributed by atoms with Gasteiger partial charge in [0.25, 0.3) is 0 Å². The first-order valence-electron chi connectivity index (χ1n) is 7.49. The lowest BCUT2D eigenvalue weighted by Crippen LogP contribution is -2.15. The maximum Gasteiger partial charge on any atom is 0.323 e. The monoisotopic (exact) mass is 296 g/mol. The number of hydrogen-bond donors (Lipinski definition) is 3. The maximum atomic E-state index is 5.57. The average Bonchev–Trinajstić information content (AvgIpc) is 3.32. The van der Waals surface area contributed by atoms with Crippen LogP contribution in [0.15, 0.2) is 0 Å². The molecule has 0 aliphatic heterocycles. The molecule has 1 aromatic rings. The number of nitrogens with zero attached hydrogens (tertiary/aromatic N) is 3. The van der Waals surface area contributed by atoms with Crippen LogP contribution in [-0.2, 0) is 4.74 Å². The van der Waals surface area contributed by atoms with Crippen molar-refractivity contribution in [2.45, 2.75) is 32.6 Å². The minimum atomic E-state index is 0.271. The molecule has 21 heavy (non-hydrogen) atoms. The SMILES string of the molecule is CCCOc1nc(NN)nc(NCCCOCC2CC2)n1. The van der Waals surface area contributed by atoms with Crippen LogP contribution in [0.4, 0.5) is 11.9 Å². The Morgan fingerprint density at radius 2 is 2.00 bits per heavy atom. The topological polar surface area (TPSA) is 107 Å². The van der Waals surface area contributed by atoms with Gasteiger partial charge in [-0.2, -0.15) is 15.0 Å². The number of ether oxygens (including phenoxy) is 2. The molecule has 0 bridgehead atoms.